The van der Waals surface area contributed by atoms with E-state index >= 15 is 0 Å². The first-order chi connectivity index (χ1) is 28.2. The fourth-order valence-electron chi connectivity index (χ4n) is 6.78. The van der Waals surface area contributed by atoms with E-state index in [9.17, 15) is 24.4 Å². The summed E-state index contributed by atoms with van der Waals surface area (Å²) in [6.07, 6.45) is 5.34. The van der Waals surface area contributed by atoms with Gasteiger partial charge in [0.15, 0.2) is 6.20 Å². The van der Waals surface area contributed by atoms with E-state index in [1.807, 2.05) is 54.5 Å². The number of nitrogens with one attached hydrogen (secondary N) is 2. The van der Waals surface area contributed by atoms with Crippen LogP contribution in [0.3, 0.4) is 0 Å². The molecule has 0 aromatic carbocycles. The first-order valence-electron chi connectivity index (χ1n) is 19.3. The zero-order valence-corrected chi connectivity index (χ0v) is 43.2. The molecule has 0 atom stereocenters. The summed E-state index contributed by atoms with van der Waals surface area (Å²) in [7, 11) is 0. The molecule has 340 valence electrons. The Morgan fingerprint density at radius 3 is 1.69 bits per heavy atom. The zero-order chi connectivity index (χ0) is 43.3. The Morgan fingerprint density at radius 2 is 1.23 bits per heavy atom. The predicted octanol–water partition coefficient (Wildman–Crippen LogP) is 6.60. The van der Waals surface area contributed by atoms with Gasteiger partial charge < -0.3 is 59.5 Å². The minimum Gasteiger partial charge on any atom is -1.00 e. The summed E-state index contributed by atoms with van der Waals surface area (Å²) in [4.78, 5) is 68.0. The Hall–Kier alpha value is -3.99. The van der Waals surface area contributed by atoms with Gasteiger partial charge >= 0.3 is 35.2 Å². The maximum Gasteiger partial charge on any atom is 2.00 e. The molecule has 0 unspecified atom stereocenters. The van der Waals surface area contributed by atoms with Gasteiger partial charge in [0, 0.05) is 60.1 Å². The van der Waals surface area contributed by atoms with Gasteiger partial charge in [-0.1, -0.05) is 7.43 Å². The molecule has 6 aromatic heterocycles. The molecular weight excluding hydrogens is 973 g/mol. The van der Waals surface area contributed by atoms with Crippen LogP contribution in [-0.2, 0) is 45.0 Å². The van der Waals surface area contributed by atoms with Gasteiger partial charge in [-0.25, -0.2) is 19.6 Å². The van der Waals surface area contributed by atoms with Gasteiger partial charge in [0.25, 0.3) is 0 Å². The van der Waals surface area contributed by atoms with E-state index in [0.717, 1.165) is 72.4 Å². The molecule has 64 heavy (non-hydrogen) atoms. The van der Waals surface area contributed by atoms with Gasteiger partial charge in [0.1, 0.15) is 42.3 Å². The summed E-state index contributed by atoms with van der Waals surface area (Å²) in [6.45, 7) is 18.0. The molecule has 0 saturated carbocycles. The SMILES string of the molecule is C.CC(=O)Nc1sc2c(c1-c1nc3c(C)nccc3s1)CCN(C(=O)OC(C)(C)C)C2.CC(=O)Nc1sc2c(c1-c1nc3c[n+]([O-])ccc3s1)CCN(C(=O)OC(C)(C)C)C2.[Br-].[CH3-].[Mg+2]. The molecule has 6 aromatic rings. The summed E-state index contributed by atoms with van der Waals surface area (Å²) in [5.74, 6) is -0.296. The Morgan fingerprint density at radius 1 is 0.766 bits per heavy atom. The number of thiophene rings is 2. The number of carbonyl (C=O) groups excluding carboxylic acids is 4. The third-order valence-corrected chi connectivity index (χ3v) is 13.6. The molecule has 0 fully saturated rings. The summed E-state index contributed by atoms with van der Waals surface area (Å²) >= 11 is 6.04. The number of nitrogens with zero attached hydrogens (tertiary/aromatic N) is 6. The van der Waals surface area contributed by atoms with Crippen molar-refractivity contribution >= 4 is 123 Å². The second kappa shape index (κ2) is 21.5. The van der Waals surface area contributed by atoms with E-state index in [1.165, 1.54) is 60.3 Å². The maximum absolute atomic E-state index is 12.5. The average Bonchev–Trinajstić information content (AvgIpc) is 3.91. The molecule has 0 saturated heterocycles. The molecule has 2 aliphatic rings. The van der Waals surface area contributed by atoms with E-state index in [4.69, 9.17) is 14.5 Å². The van der Waals surface area contributed by atoms with Gasteiger partial charge in [-0.15, -0.1) is 45.3 Å². The summed E-state index contributed by atoms with van der Waals surface area (Å²) in [6, 6.07) is 3.70. The van der Waals surface area contributed by atoms with Gasteiger partial charge in [-0.3, -0.25) is 14.6 Å². The van der Waals surface area contributed by atoms with Crippen LogP contribution in [0.4, 0.5) is 19.6 Å². The number of anilines is 2. The molecule has 0 radical (unpaired) electrons. The van der Waals surface area contributed by atoms with Gasteiger partial charge in [0.05, 0.1) is 28.2 Å². The Balaban J connectivity index is 0.000000320. The van der Waals surface area contributed by atoms with Gasteiger partial charge in [0.2, 0.25) is 18.0 Å². The molecule has 0 spiro atoms. The van der Waals surface area contributed by atoms with Crippen molar-refractivity contribution in [2.45, 2.75) is 107 Å². The number of rotatable bonds is 4. The number of aryl methyl sites for hydroxylation is 1. The Bertz CT molecular complexity index is 2660. The van der Waals surface area contributed by atoms with Crippen LogP contribution in [-0.4, -0.2) is 96.1 Å². The van der Waals surface area contributed by atoms with E-state index in [1.54, 1.807) is 33.4 Å². The van der Waals surface area contributed by atoms with Gasteiger partial charge in [-0.2, -0.15) is 4.73 Å². The quantitative estimate of drug-likeness (QED) is 0.0845. The number of hydrogen-bond donors (Lipinski definition) is 2. The zero-order valence-electron chi connectivity index (χ0n) is 36.9. The molecule has 0 bridgehead atoms. The Labute approximate surface area is 416 Å². The third kappa shape index (κ3) is 12.5. The van der Waals surface area contributed by atoms with Crippen LogP contribution in [0, 0.1) is 19.6 Å². The molecule has 0 aliphatic carbocycles. The molecule has 4 amide bonds. The fraction of sp³-hybridized carbons (Fsp3) is 0.419. The van der Waals surface area contributed by atoms with E-state index < -0.39 is 11.2 Å². The molecule has 2 N–H and O–H groups in total. The smallest absolute Gasteiger partial charge is 1.00 e. The number of carbonyl (C=O) groups is 4. The fourth-order valence-corrected chi connectivity index (χ4v) is 11.6. The molecule has 2 aliphatic heterocycles. The van der Waals surface area contributed by atoms with Crippen LogP contribution in [0.15, 0.2) is 30.7 Å². The van der Waals surface area contributed by atoms with Crippen molar-refractivity contribution in [3.63, 3.8) is 0 Å². The number of pyridine rings is 2. The van der Waals surface area contributed by atoms with E-state index in [0.29, 0.717) is 49.5 Å². The molecular formula is C43H53BrMgN8O7S4. The number of hydrogen-bond acceptors (Lipinski definition) is 14. The van der Waals surface area contributed by atoms with E-state index in [-0.39, 0.29) is 78.9 Å². The topological polar surface area (TPSA) is 183 Å². The number of halogens is 1. The van der Waals surface area contributed by atoms with Gasteiger partial charge in [-0.05, 0) is 78.5 Å². The summed E-state index contributed by atoms with van der Waals surface area (Å²) in [5.41, 5.74) is 5.37. The second-order valence-electron chi connectivity index (χ2n) is 16.4. The minimum absolute atomic E-state index is 0. The normalized spacial score (nSPS) is 13.1. The van der Waals surface area contributed by atoms with Crippen LogP contribution in [0.5, 0.6) is 0 Å². The monoisotopic (exact) mass is 1020 g/mol. The van der Waals surface area contributed by atoms with Crippen LogP contribution in [0.25, 0.3) is 41.6 Å². The van der Waals surface area contributed by atoms with Crippen LogP contribution < -0.4 is 32.3 Å². The summed E-state index contributed by atoms with van der Waals surface area (Å²) in [5, 5.41) is 20.6. The van der Waals surface area contributed by atoms with Crippen molar-refractivity contribution in [2.24, 2.45) is 0 Å². The van der Waals surface area contributed by atoms with Crippen molar-refractivity contribution in [3.8, 4) is 21.1 Å². The largest absolute Gasteiger partial charge is 2.00 e. The molecule has 21 heteroatoms. The van der Waals surface area contributed by atoms with Crippen molar-refractivity contribution in [1.82, 2.24) is 24.8 Å². The standard InChI is InChI=1S/C21H24N4O3S2.C20H22N4O4S2.CH4.CH3.BrH.Mg/c1-11-17-14(6-8-22-11)29-19(24-17)16-13-7-9-25(20(27)28-21(3,4)5)10-15(13)30-18(16)23-12(2)26;1-11(25)21-17-16(18-22-13-9-24(27)8-6-14(13)29-18)12-5-7-23(10-15(12)30-17)19(26)28-20(2,3)4;;;;/h6,8H,7,9-10H2,1-5H3,(H,23,26);6,8-9H,5,7,10H2,1-4H3,(H,21,25);1H4;1H3;1H;/q;;;-1;;+2/p-1. The van der Waals surface area contributed by atoms with Crippen LogP contribution >= 0.6 is 45.3 Å². The first-order valence-corrected chi connectivity index (χ1v) is 22.5. The third-order valence-electron chi connectivity index (χ3n) is 9.22. The van der Waals surface area contributed by atoms with Crippen molar-refractivity contribution in [1.29, 1.82) is 0 Å². The average molecular weight is 1030 g/mol. The number of fused-ring (bicyclic) bond motifs is 4. The van der Waals surface area contributed by atoms with Crippen molar-refractivity contribution in [3.05, 3.63) is 69.9 Å². The number of ether oxygens (including phenoxy) is 2. The molecule has 8 rings (SSSR count). The second-order valence-corrected chi connectivity index (χ2v) is 20.7. The molecule has 15 nitrogen and oxygen atoms in total. The summed E-state index contributed by atoms with van der Waals surface area (Å²) < 4.78 is 13.7. The minimum atomic E-state index is -0.557. The number of thiazole rings is 2. The maximum atomic E-state index is 12.5. The van der Waals surface area contributed by atoms with Crippen LogP contribution in [0.1, 0.15) is 89.4 Å². The molecule has 8 heterocycles. The predicted molar refractivity (Wildman–Crippen MR) is 256 cm³/mol. The van der Waals surface area contributed by atoms with Crippen LogP contribution in [0.2, 0.25) is 0 Å². The van der Waals surface area contributed by atoms with E-state index in [2.05, 4.69) is 20.6 Å². The van der Waals surface area contributed by atoms with Crippen molar-refractivity contribution in [2.75, 3.05) is 23.7 Å². The van der Waals surface area contributed by atoms with Crippen molar-refractivity contribution < 1.29 is 50.4 Å². The Kier molecular flexibility index (Phi) is 18.3. The number of aromatic nitrogens is 4. The first kappa shape index (κ1) is 54.3. The number of amides is 4.